The normalized spacial score (nSPS) is 12.5. The first kappa shape index (κ1) is 9.76. The molecule has 0 radical (unpaired) electrons. The van der Waals surface area contributed by atoms with Crippen molar-refractivity contribution >= 4 is 24.7 Å². The van der Waals surface area contributed by atoms with Gasteiger partial charge in [0.05, 0.1) is 0 Å². The van der Waals surface area contributed by atoms with E-state index in [0.29, 0.717) is 5.75 Å². The minimum absolute atomic E-state index is 0.108. The Labute approximate surface area is 77.9 Å². The fraction of sp³-hybridized carbons (Fsp3) is 0.222. The van der Waals surface area contributed by atoms with E-state index in [4.69, 9.17) is 0 Å². The summed E-state index contributed by atoms with van der Waals surface area (Å²) >= 11 is 0. The highest BCUT2D eigenvalue weighted by molar-refractivity contribution is 8.41. The second-order valence-electron chi connectivity index (χ2n) is 2.55. The van der Waals surface area contributed by atoms with Crippen LogP contribution in [0.4, 0.5) is 0 Å². The van der Waals surface area contributed by atoms with E-state index in [9.17, 15) is 4.79 Å². The average Bonchev–Trinajstić information content (AvgIpc) is 2.05. The van der Waals surface area contributed by atoms with Crippen LogP contribution < -0.4 is 0 Å². The number of carbonyl (C=O) groups excluding carboxylic acids is 1. The molecule has 1 unspecified atom stereocenters. The molecular weight excluding hydrogens is 187 g/mol. The van der Waals surface area contributed by atoms with Gasteiger partial charge in [0.15, 0.2) is 5.78 Å². The first-order valence-electron chi connectivity index (χ1n) is 3.67. The summed E-state index contributed by atoms with van der Waals surface area (Å²) < 4.78 is 0. The molecule has 0 heterocycles. The van der Waals surface area contributed by atoms with Crippen LogP contribution in [0.5, 0.6) is 0 Å². The van der Waals surface area contributed by atoms with Crippen molar-refractivity contribution in [1.29, 1.82) is 0 Å². The third-order valence-electron chi connectivity index (χ3n) is 1.38. The summed E-state index contributed by atoms with van der Waals surface area (Å²) in [6.45, 7) is 1.61. The summed E-state index contributed by atoms with van der Waals surface area (Å²) in [6, 6.07) is 9.99. The number of hydrogen-bond acceptors (Lipinski definition) is 1. The van der Waals surface area contributed by atoms with Crippen LogP contribution >= 0.6 is 8.44 Å². The van der Waals surface area contributed by atoms with Crippen molar-refractivity contribution in [2.45, 2.75) is 11.8 Å². The number of ketones is 1. The van der Waals surface area contributed by atoms with E-state index < -0.39 is 0 Å². The topological polar surface area (TPSA) is 17.1 Å². The van der Waals surface area contributed by atoms with Gasteiger partial charge in [-0.3, -0.25) is 13.2 Å². The van der Waals surface area contributed by atoms with Crippen LogP contribution in [0.25, 0.3) is 0 Å². The lowest BCUT2D eigenvalue weighted by Gasteiger charge is -2.07. The third kappa shape index (κ3) is 2.96. The lowest BCUT2D eigenvalue weighted by atomic mass is 10.4. The van der Waals surface area contributed by atoms with Crippen molar-refractivity contribution < 1.29 is 4.79 Å². The van der Waals surface area contributed by atoms with Crippen molar-refractivity contribution in [2.75, 3.05) is 5.75 Å². The van der Waals surface area contributed by atoms with Gasteiger partial charge < -0.3 is 0 Å². The van der Waals surface area contributed by atoms with Crippen molar-refractivity contribution in [3.05, 3.63) is 30.3 Å². The summed E-state index contributed by atoms with van der Waals surface area (Å²) in [5, 5.41) is 0. The minimum Gasteiger partial charge on any atom is -0.295 e. The number of hydrogen-bond donors (Lipinski definition) is 0. The first-order valence-corrected chi connectivity index (χ1v) is 6.28. The van der Waals surface area contributed by atoms with Gasteiger partial charge in [0.2, 0.25) is 0 Å². The Morgan fingerprint density at radius 3 is 2.50 bits per heavy atom. The number of rotatable bonds is 3. The zero-order valence-electron chi connectivity index (χ0n) is 6.91. The zero-order valence-corrected chi connectivity index (χ0v) is 8.73. The van der Waals surface area contributed by atoms with Crippen LogP contribution in [0.2, 0.25) is 0 Å². The second kappa shape index (κ2) is 4.64. The predicted molar refractivity (Wildman–Crippen MR) is 55.9 cm³/mol. The first-order chi connectivity index (χ1) is 5.70. The Bertz CT molecular complexity index is 260. The maximum Gasteiger partial charge on any atom is 0.176 e. The number of benzene rings is 1. The van der Waals surface area contributed by atoms with Crippen molar-refractivity contribution in [1.82, 2.24) is 0 Å². The van der Waals surface area contributed by atoms with Crippen LogP contribution in [-0.4, -0.2) is 11.5 Å². The molecular formula is C9H11OPS. The highest BCUT2D eigenvalue weighted by Crippen LogP contribution is 2.19. The van der Waals surface area contributed by atoms with Crippen molar-refractivity contribution in [3.63, 3.8) is 0 Å². The molecule has 1 atom stereocenters. The van der Waals surface area contributed by atoms with Gasteiger partial charge in [0, 0.05) is 0 Å². The van der Waals surface area contributed by atoms with Gasteiger partial charge >= 0.3 is 0 Å². The molecule has 3 heteroatoms. The molecule has 0 aliphatic rings. The summed E-state index contributed by atoms with van der Waals surface area (Å²) in [4.78, 5) is 12.0. The van der Waals surface area contributed by atoms with Crippen LogP contribution in [0, 0.1) is 0 Å². The molecule has 1 aromatic carbocycles. The van der Waals surface area contributed by atoms with Gasteiger partial charge in [-0.25, -0.2) is 0 Å². The van der Waals surface area contributed by atoms with E-state index in [1.165, 1.54) is 4.90 Å². The molecule has 0 fully saturated rings. The quantitative estimate of drug-likeness (QED) is 0.538. The van der Waals surface area contributed by atoms with Gasteiger partial charge in [-0.1, -0.05) is 18.2 Å². The van der Waals surface area contributed by atoms with Gasteiger partial charge in [0.25, 0.3) is 0 Å². The lowest BCUT2D eigenvalue weighted by Crippen LogP contribution is -2.07. The average molecular weight is 198 g/mol. The SMILES string of the molecule is CC(=O)C[S+]([PH-])c1ccccc1. The molecule has 64 valence electrons. The summed E-state index contributed by atoms with van der Waals surface area (Å²) in [7, 11) is 3.44. The van der Waals surface area contributed by atoms with E-state index in [1.807, 2.05) is 30.3 Å². The summed E-state index contributed by atoms with van der Waals surface area (Å²) in [6.07, 6.45) is 0. The fourth-order valence-corrected chi connectivity index (χ4v) is 2.95. The third-order valence-corrected chi connectivity index (χ3v) is 4.05. The van der Waals surface area contributed by atoms with Crippen LogP contribution in [0.1, 0.15) is 6.92 Å². The van der Waals surface area contributed by atoms with E-state index >= 15 is 0 Å². The van der Waals surface area contributed by atoms with Gasteiger partial charge in [-0.05, 0) is 19.1 Å². The molecule has 1 aromatic rings. The Morgan fingerprint density at radius 1 is 1.42 bits per heavy atom. The minimum atomic E-state index is -0.108. The summed E-state index contributed by atoms with van der Waals surface area (Å²) in [5.41, 5.74) is 0. The maximum absolute atomic E-state index is 10.8. The Kier molecular flexibility index (Phi) is 3.77. The molecule has 1 rings (SSSR count). The van der Waals surface area contributed by atoms with Gasteiger partial charge in [-0.2, -0.15) is 0 Å². The summed E-state index contributed by atoms with van der Waals surface area (Å²) in [5.74, 6) is 0.804. The molecule has 1 nitrogen and oxygen atoms in total. The van der Waals surface area contributed by atoms with Gasteiger partial charge in [0.1, 0.15) is 10.6 Å². The lowest BCUT2D eigenvalue weighted by molar-refractivity contribution is -0.114. The fourth-order valence-electron chi connectivity index (χ4n) is 0.871. The Hall–Kier alpha value is -0.330. The van der Waals surface area contributed by atoms with Crippen LogP contribution in [-0.2, 0) is 15.3 Å². The standard InChI is InChI=1S/C9H11OPS/c1-8(10)7-12(11)9-5-3-2-4-6-9/h2-6,11H,7H2,1H3. The largest absolute Gasteiger partial charge is 0.295 e. The highest BCUT2D eigenvalue weighted by Gasteiger charge is 2.08. The highest BCUT2D eigenvalue weighted by atomic mass is 32.7. The van der Waals surface area contributed by atoms with Crippen molar-refractivity contribution in [3.8, 4) is 0 Å². The van der Waals surface area contributed by atoms with Crippen molar-refractivity contribution in [2.24, 2.45) is 0 Å². The second-order valence-corrected chi connectivity index (χ2v) is 5.57. The van der Waals surface area contributed by atoms with Crippen LogP contribution in [0.3, 0.4) is 0 Å². The zero-order chi connectivity index (χ0) is 8.97. The molecule has 0 spiro atoms. The molecule has 0 N–H and O–H groups in total. The number of Topliss-reactive ketones (excluding diaryl/α,β-unsaturated/α-hetero) is 1. The molecule has 0 saturated carbocycles. The monoisotopic (exact) mass is 198 g/mol. The molecule has 0 aliphatic heterocycles. The molecule has 0 aromatic heterocycles. The van der Waals surface area contributed by atoms with E-state index in [-0.39, 0.29) is 16.3 Å². The van der Waals surface area contributed by atoms with Crippen LogP contribution in [0.15, 0.2) is 35.2 Å². The molecule has 12 heavy (non-hydrogen) atoms. The van der Waals surface area contributed by atoms with E-state index in [1.54, 1.807) is 6.92 Å². The molecule has 0 bridgehead atoms. The Morgan fingerprint density at radius 2 is 2.00 bits per heavy atom. The molecule has 0 aliphatic carbocycles. The molecule has 0 saturated heterocycles. The van der Waals surface area contributed by atoms with Gasteiger partial charge in [-0.15, -0.1) is 10.5 Å². The Balaban J connectivity index is 2.65. The van der Waals surface area contributed by atoms with E-state index in [2.05, 4.69) is 8.44 Å². The van der Waals surface area contributed by atoms with E-state index in [0.717, 1.165) is 0 Å². The molecule has 0 amide bonds. The predicted octanol–water partition coefficient (Wildman–Crippen LogP) is 2.31. The maximum atomic E-state index is 10.8. The smallest absolute Gasteiger partial charge is 0.176 e. The number of carbonyl (C=O) groups is 1.